The Labute approximate surface area is 183 Å². The van der Waals surface area contributed by atoms with E-state index in [0.717, 1.165) is 0 Å². The van der Waals surface area contributed by atoms with Crippen LogP contribution in [0.15, 0.2) is 6.07 Å². The van der Waals surface area contributed by atoms with Crippen LogP contribution in [0.2, 0.25) is 10.0 Å². The summed E-state index contributed by atoms with van der Waals surface area (Å²) in [5.41, 5.74) is 6.31. The molecular weight excluding hydrogens is 475 g/mol. The average molecular weight is 495 g/mol. The van der Waals surface area contributed by atoms with Gasteiger partial charge in [0.2, 0.25) is 0 Å². The number of phenolic OH excluding ortho intramolecular Hbond substituents is 1. The molecule has 6 N–H and O–H groups in total. The molecule has 0 bridgehead atoms. The van der Waals surface area contributed by atoms with Crippen molar-refractivity contribution in [3.05, 3.63) is 27.5 Å². The number of aliphatic hydroxyl groups excluding tert-OH is 2. The molecule has 176 valence electrons. The molecular formula is C17H20Cl2F4N2O6. The number of nitrogens with two attached hydrogens (primary N) is 1. The fourth-order valence-corrected chi connectivity index (χ4v) is 3.22. The van der Waals surface area contributed by atoms with Gasteiger partial charge in [0.05, 0.1) is 16.7 Å². The minimum atomic E-state index is -5.08. The topological polar surface area (TPSA) is 144 Å². The molecule has 1 aliphatic heterocycles. The zero-order chi connectivity index (χ0) is 24.1. The summed E-state index contributed by atoms with van der Waals surface area (Å²) >= 11 is 11.5. The van der Waals surface area contributed by atoms with Gasteiger partial charge < -0.3 is 31.1 Å². The molecule has 8 nitrogen and oxygen atoms in total. The van der Waals surface area contributed by atoms with E-state index in [2.05, 4.69) is 0 Å². The number of aliphatic hydroxyl groups is 2. The second kappa shape index (κ2) is 11.1. The summed E-state index contributed by atoms with van der Waals surface area (Å²) in [6.45, 7) is 0.0619. The lowest BCUT2D eigenvalue weighted by Gasteiger charge is -2.35. The molecule has 1 heterocycles. The summed E-state index contributed by atoms with van der Waals surface area (Å²) in [6.07, 6.45) is -5.50. The number of carbonyl (C=O) groups excluding carboxylic acids is 1. The van der Waals surface area contributed by atoms with Crippen molar-refractivity contribution in [2.75, 3.05) is 19.7 Å². The third-order valence-electron chi connectivity index (χ3n) is 4.58. The first-order valence-corrected chi connectivity index (χ1v) is 9.47. The van der Waals surface area contributed by atoms with Crippen molar-refractivity contribution in [2.45, 2.75) is 31.2 Å². The predicted molar refractivity (Wildman–Crippen MR) is 101 cm³/mol. The molecule has 1 aromatic rings. The number of benzene rings is 1. The lowest BCUT2D eigenvalue weighted by molar-refractivity contribution is -0.192. The SMILES string of the molecule is NC(c1cc(Cl)c(Cl)c(F)c1O)C1CCN(C(=O)[C@H](O)CO)CC1.O=C(O)C(F)(F)F. The van der Waals surface area contributed by atoms with E-state index in [0.29, 0.717) is 25.9 Å². The van der Waals surface area contributed by atoms with Gasteiger partial charge in [0, 0.05) is 24.7 Å². The number of likely N-dealkylation sites (tertiary alicyclic amines) is 1. The summed E-state index contributed by atoms with van der Waals surface area (Å²) in [7, 11) is 0. The Morgan fingerprint density at radius 2 is 1.74 bits per heavy atom. The Morgan fingerprint density at radius 1 is 1.26 bits per heavy atom. The highest BCUT2D eigenvalue weighted by atomic mass is 35.5. The maximum Gasteiger partial charge on any atom is 0.490 e. The highest BCUT2D eigenvalue weighted by Crippen LogP contribution is 2.40. The van der Waals surface area contributed by atoms with Crippen molar-refractivity contribution in [3.63, 3.8) is 0 Å². The number of aliphatic carboxylic acids is 1. The van der Waals surface area contributed by atoms with E-state index >= 15 is 0 Å². The number of rotatable bonds is 4. The number of aromatic hydroxyl groups is 1. The van der Waals surface area contributed by atoms with Crippen molar-refractivity contribution in [1.29, 1.82) is 0 Å². The zero-order valence-corrected chi connectivity index (χ0v) is 17.3. The number of hydrogen-bond donors (Lipinski definition) is 5. The summed E-state index contributed by atoms with van der Waals surface area (Å²) in [4.78, 5) is 22.2. The van der Waals surface area contributed by atoms with Crippen LogP contribution in [-0.4, -0.2) is 69.2 Å². The monoisotopic (exact) mass is 494 g/mol. The van der Waals surface area contributed by atoms with E-state index < -0.39 is 48.4 Å². The molecule has 1 unspecified atom stereocenters. The second-order valence-electron chi connectivity index (χ2n) is 6.61. The summed E-state index contributed by atoms with van der Waals surface area (Å²) in [6, 6.07) is 0.675. The highest BCUT2D eigenvalue weighted by Gasteiger charge is 2.38. The molecule has 1 aromatic carbocycles. The minimum absolute atomic E-state index is 0.0314. The number of nitrogens with zero attached hydrogens (tertiary/aromatic N) is 1. The maximum absolute atomic E-state index is 13.8. The van der Waals surface area contributed by atoms with Gasteiger partial charge in [-0.15, -0.1) is 0 Å². The first kappa shape index (κ1) is 27.2. The van der Waals surface area contributed by atoms with Crippen LogP contribution in [0.5, 0.6) is 5.75 Å². The van der Waals surface area contributed by atoms with E-state index in [1.807, 2.05) is 0 Å². The first-order chi connectivity index (χ1) is 14.2. The molecule has 0 spiro atoms. The predicted octanol–water partition coefficient (Wildman–Crippen LogP) is 2.06. The van der Waals surface area contributed by atoms with Crippen molar-refractivity contribution in [2.24, 2.45) is 11.7 Å². The van der Waals surface area contributed by atoms with Gasteiger partial charge in [-0.05, 0) is 24.8 Å². The van der Waals surface area contributed by atoms with Gasteiger partial charge in [0.15, 0.2) is 17.7 Å². The smallest absolute Gasteiger partial charge is 0.490 e. The molecule has 0 aliphatic carbocycles. The molecule has 0 saturated carbocycles. The van der Waals surface area contributed by atoms with Crippen LogP contribution in [0.4, 0.5) is 17.6 Å². The molecule has 1 aliphatic rings. The number of halogens is 6. The number of carbonyl (C=O) groups is 2. The number of hydrogen-bond acceptors (Lipinski definition) is 6. The van der Waals surface area contributed by atoms with E-state index in [9.17, 15) is 32.6 Å². The Balaban J connectivity index is 0.000000592. The summed E-state index contributed by atoms with van der Waals surface area (Å²) in [5, 5.41) is 34.9. The van der Waals surface area contributed by atoms with Crippen LogP contribution in [-0.2, 0) is 9.59 Å². The Morgan fingerprint density at radius 3 is 2.16 bits per heavy atom. The van der Waals surface area contributed by atoms with Gasteiger partial charge >= 0.3 is 12.1 Å². The molecule has 2 rings (SSSR count). The largest absolute Gasteiger partial charge is 0.505 e. The molecule has 31 heavy (non-hydrogen) atoms. The van der Waals surface area contributed by atoms with Gasteiger partial charge in [-0.3, -0.25) is 4.79 Å². The van der Waals surface area contributed by atoms with Gasteiger partial charge in [-0.25, -0.2) is 9.18 Å². The number of piperidine rings is 1. The van der Waals surface area contributed by atoms with E-state index in [-0.39, 0.29) is 21.5 Å². The van der Waals surface area contributed by atoms with E-state index in [1.165, 1.54) is 11.0 Å². The van der Waals surface area contributed by atoms with Crippen molar-refractivity contribution < 1.29 is 47.6 Å². The fourth-order valence-electron chi connectivity index (χ4n) is 2.88. The van der Waals surface area contributed by atoms with Crippen LogP contribution >= 0.6 is 23.2 Å². The maximum atomic E-state index is 13.8. The molecule has 1 amide bonds. The van der Waals surface area contributed by atoms with Crippen molar-refractivity contribution in [3.8, 4) is 5.75 Å². The third-order valence-corrected chi connectivity index (χ3v) is 5.35. The number of alkyl halides is 3. The minimum Gasteiger partial charge on any atom is -0.505 e. The van der Waals surface area contributed by atoms with Crippen LogP contribution in [0.1, 0.15) is 24.4 Å². The lowest BCUT2D eigenvalue weighted by Crippen LogP contribution is -2.46. The van der Waals surface area contributed by atoms with Gasteiger partial charge in [-0.1, -0.05) is 23.2 Å². The Hall–Kier alpha value is -1.86. The summed E-state index contributed by atoms with van der Waals surface area (Å²) in [5.74, 6) is -5.03. The molecule has 2 atom stereocenters. The number of amides is 1. The Bertz CT molecular complexity index is 804. The third kappa shape index (κ3) is 7.07. The number of phenols is 1. The molecule has 0 radical (unpaired) electrons. The fraction of sp³-hybridized carbons (Fsp3) is 0.529. The second-order valence-corrected chi connectivity index (χ2v) is 7.40. The highest BCUT2D eigenvalue weighted by molar-refractivity contribution is 6.42. The van der Waals surface area contributed by atoms with Gasteiger partial charge in [-0.2, -0.15) is 13.2 Å². The quantitative estimate of drug-likeness (QED) is 0.318. The Kier molecular flexibility index (Phi) is 9.76. The van der Waals surface area contributed by atoms with Crippen molar-refractivity contribution in [1.82, 2.24) is 4.90 Å². The van der Waals surface area contributed by atoms with Gasteiger partial charge in [0.1, 0.15) is 0 Å². The van der Waals surface area contributed by atoms with Crippen LogP contribution in [0, 0.1) is 11.7 Å². The van der Waals surface area contributed by atoms with Crippen LogP contribution in [0.3, 0.4) is 0 Å². The molecule has 14 heteroatoms. The van der Waals surface area contributed by atoms with Gasteiger partial charge in [0.25, 0.3) is 5.91 Å². The van der Waals surface area contributed by atoms with Crippen LogP contribution < -0.4 is 5.73 Å². The van der Waals surface area contributed by atoms with Crippen molar-refractivity contribution >= 4 is 35.1 Å². The van der Waals surface area contributed by atoms with E-state index in [1.54, 1.807) is 0 Å². The summed E-state index contributed by atoms with van der Waals surface area (Å²) < 4.78 is 45.6. The lowest BCUT2D eigenvalue weighted by atomic mass is 9.85. The molecule has 0 aromatic heterocycles. The normalized spacial score (nSPS) is 16.9. The zero-order valence-electron chi connectivity index (χ0n) is 15.7. The van der Waals surface area contributed by atoms with E-state index in [4.69, 9.17) is 43.9 Å². The molecule has 1 saturated heterocycles. The molecule has 1 fully saturated rings. The number of carboxylic acids is 1. The standard InChI is InChI=1S/C15H19Cl2FN2O4.C2HF3O2/c16-9-5-8(14(23)12(18)11(9)17)13(19)7-1-3-20(4-2-7)15(24)10(22)6-21;3-2(4,5)1(6)7/h5,7,10,13,21-23H,1-4,6,19H2;(H,6,7)/t10-,13?;/m1./s1. The average Bonchev–Trinajstić information content (AvgIpc) is 2.73. The first-order valence-electron chi connectivity index (χ1n) is 8.72. The van der Waals surface area contributed by atoms with Crippen LogP contribution in [0.25, 0.3) is 0 Å². The number of carboxylic acid groups (broad SMARTS) is 1.